The van der Waals surface area contributed by atoms with Gasteiger partial charge >= 0.3 is 0 Å². The van der Waals surface area contributed by atoms with E-state index in [4.69, 9.17) is 0 Å². The number of hydrogen-bond acceptors (Lipinski definition) is 4. The molecular formula is C24H29N3O3S. The fraction of sp³-hybridized carbons (Fsp3) is 0.417. The normalized spacial score (nSPS) is 19.2. The van der Waals surface area contributed by atoms with E-state index in [1.54, 1.807) is 18.2 Å². The summed E-state index contributed by atoms with van der Waals surface area (Å²) in [4.78, 5) is 19.2. The maximum absolute atomic E-state index is 12.5. The molecule has 31 heavy (non-hydrogen) atoms. The molecule has 1 amide bonds. The van der Waals surface area contributed by atoms with Crippen LogP contribution in [0, 0.1) is 0 Å². The number of unbranched alkanes of at least 4 members (excludes halogenated alkanes) is 2. The molecule has 0 atom stereocenters. The minimum absolute atomic E-state index is 0.246. The molecule has 0 unspecified atom stereocenters. The number of amidine groups is 1. The molecule has 0 saturated carbocycles. The van der Waals surface area contributed by atoms with Crippen molar-refractivity contribution in [1.29, 1.82) is 0 Å². The summed E-state index contributed by atoms with van der Waals surface area (Å²) in [7, 11) is -3.48. The molecule has 2 aromatic carbocycles. The van der Waals surface area contributed by atoms with Crippen molar-refractivity contribution in [2.45, 2.75) is 49.3 Å². The van der Waals surface area contributed by atoms with Gasteiger partial charge in [-0.15, -0.1) is 0 Å². The molecule has 4 rings (SSSR count). The molecule has 7 heteroatoms. The summed E-state index contributed by atoms with van der Waals surface area (Å²) in [5.74, 6) is 1.23. The van der Waals surface area contributed by atoms with E-state index in [1.165, 1.54) is 5.56 Å². The maximum atomic E-state index is 12.5. The lowest BCUT2D eigenvalue weighted by molar-refractivity contribution is -0.132. The molecule has 0 radical (unpaired) electrons. The first-order valence-corrected chi connectivity index (χ1v) is 12.5. The molecule has 2 aliphatic rings. The van der Waals surface area contributed by atoms with E-state index in [9.17, 15) is 13.2 Å². The number of sulfonamides is 1. The van der Waals surface area contributed by atoms with Gasteiger partial charge in [-0.05, 0) is 49.3 Å². The Morgan fingerprint density at radius 1 is 0.968 bits per heavy atom. The van der Waals surface area contributed by atoms with Crippen LogP contribution in [0.4, 0.5) is 0 Å². The number of nitrogens with zero attached hydrogens (tertiary/aromatic N) is 2. The van der Waals surface area contributed by atoms with Gasteiger partial charge in [-0.3, -0.25) is 14.5 Å². The van der Waals surface area contributed by atoms with Crippen LogP contribution in [-0.2, 0) is 14.8 Å². The second-order valence-corrected chi connectivity index (χ2v) is 9.86. The van der Waals surface area contributed by atoms with Crippen LogP contribution in [0.2, 0.25) is 0 Å². The number of rotatable bonds is 7. The van der Waals surface area contributed by atoms with E-state index in [2.05, 4.69) is 34.0 Å². The van der Waals surface area contributed by atoms with Gasteiger partial charge in [-0.25, -0.2) is 8.42 Å². The fourth-order valence-electron chi connectivity index (χ4n) is 4.35. The minimum Gasteiger partial charge on any atom is -0.343 e. The summed E-state index contributed by atoms with van der Waals surface area (Å²) < 4.78 is 26.7. The highest BCUT2D eigenvalue weighted by molar-refractivity contribution is 7.90. The lowest BCUT2D eigenvalue weighted by atomic mass is 9.89. The van der Waals surface area contributed by atoms with Gasteiger partial charge < -0.3 is 4.90 Å². The Labute approximate surface area is 184 Å². The van der Waals surface area contributed by atoms with Crippen LogP contribution in [0.5, 0.6) is 0 Å². The van der Waals surface area contributed by atoms with Crippen molar-refractivity contribution >= 4 is 21.8 Å². The van der Waals surface area contributed by atoms with Gasteiger partial charge in [0.05, 0.1) is 4.90 Å². The smallest absolute Gasteiger partial charge is 0.263 e. The van der Waals surface area contributed by atoms with Gasteiger partial charge in [0.1, 0.15) is 5.84 Å². The molecule has 6 nitrogen and oxygen atoms in total. The Bertz CT molecular complexity index is 1040. The molecule has 0 aliphatic carbocycles. The number of piperidine rings is 1. The first kappa shape index (κ1) is 21.6. The zero-order chi connectivity index (χ0) is 21.7. The Kier molecular flexibility index (Phi) is 6.70. The minimum atomic E-state index is -3.48. The highest BCUT2D eigenvalue weighted by Gasteiger charge is 2.29. The van der Waals surface area contributed by atoms with Crippen LogP contribution in [0.15, 0.2) is 64.5 Å². The van der Waals surface area contributed by atoms with E-state index in [-0.39, 0.29) is 10.8 Å². The third-order valence-corrected chi connectivity index (χ3v) is 7.50. The molecule has 164 valence electrons. The lowest BCUT2D eigenvalue weighted by Crippen LogP contribution is -2.37. The summed E-state index contributed by atoms with van der Waals surface area (Å²) in [5, 5.41) is 0. The standard InChI is InChI=1S/C24H29N3O3S/c28-23(27-17-14-20(15-18-27)19-9-3-1-4-10-19)13-5-2-8-16-25-24-21-11-6-7-12-22(21)31(29,30)26-24/h1,3-4,6-7,9-12,20H,2,5,8,13-18H2,(H,25,26). The molecule has 2 aliphatic heterocycles. The monoisotopic (exact) mass is 439 g/mol. The second kappa shape index (κ2) is 9.64. The number of benzene rings is 2. The first-order valence-electron chi connectivity index (χ1n) is 11.0. The van der Waals surface area contributed by atoms with Crippen LogP contribution < -0.4 is 4.72 Å². The van der Waals surface area contributed by atoms with Crippen LogP contribution in [-0.4, -0.2) is 44.7 Å². The van der Waals surface area contributed by atoms with Gasteiger partial charge in [0.25, 0.3) is 10.0 Å². The van der Waals surface area contributed by atoms with E-state index in [0.717, 1.165) is 45.2 Å². The van der Waals surface area contributed by atoms with E-state index in [0.29, 0.717) is 30.3 Å². The average Bonchev–Trinajstić information content (AvgIpc) is 3.07. The van der Waals surface area contributed by atoms with Crippen molar-refractivity contribution in [3.63, 3.8) is 0 Å². The predicted octanol–water partition coefficient (Wildman–Crippen LogP) is 3.69. The molecule has 1 N–H and O–H groups in total. The van der Waals surface area contributed by atoms with E-state index >= 15 is 0 Å². The maximum Gasteiger partial charge on any atom is 0.263 e. The number of likely N-dealkylation sites (tertiary alicyclic amines) is 1. The first-order chi connectivity index (χ1) is 15.0. The fourth-order valence-corrected chi connectivity index (χ4v) is 5.60. The van der Waals surface area contributed by atoms with Gasteiger partial charge in [0.15, 0.2) is 0 Å². The van der Waals surface area contributed by atoms with Crippen LogP contribution in [0.3, 0.4) is 0 Å². The average molecular weight is 440 g/mol. The quantitative estimate of drug-likeness (QED) is 0.668. The Morgan fingerprint density at radius 3 is 2.45 bits per heavy atom. The zero-order valence-electron chi connectivity index (χ0n) is 17.7. The molecule has 2 heterocycles. The van der Waals surface area contributed by atoms with Gasteiger partial charge in [0, 0.05) is 31.6 Å². The third kappa shape index (κ3) is 5.15. The number of carbonyl (C=O) groups is 1. The predicted molar refractivity (Wildman–Crippen MR) is 122 cm³/mol. The van der Waals surface area contributed by atoms with Crippen molar-refractivity contribution in [1.82, 2.24) is 9.62 Å². The van der Waals surface area contributed by atoms with Crippen molar-refractivity contribution in [2.75, 3.05) is 19.6 Å². The summed E-state index contributed by atoms with van der Waals surface area (Å²) in [6, 6.07) is 17.4. The van der Waals surface area contributed by atoms with E-state index in [1.807, 2.05) is 17.0 Å². The third-order valence-electron chi connectivity index (χ3n) is 6.10. The van der Waals surface area contributed by atoms with Crippen molar-refractivity contribution in [2.24, 2.45) is 4.99 Å². The molecule has 2 aromatic rings. The van der Waals surface area contributed by atoms with Gasteiger partial charge in [-0.1, -0.05) is 48.9 Å². The van der Waals surface area contributed by atoms with Gasteiger partial charge in [-0.2, -0.15) is 0 Å². The van der Waals surface area contributed by atoms with Crippen molar-refractivity contribution in [3.05, 3.63) is 65.7 Å². The largest absolute Gasteiger partial charge is 0.343 e. The molecule has 0 bridgehead atoms. The summed E-state index contributed by atoms with van der Waals surface area (Å²) in [6.45, 7) is 2.22. The molecule has 1 saturated heterocycles. The van der Waals surface area contributed by atoms with E-state index < -0.39 is 10.0 Å². The SMILES string of the molecule is O=C(CCCCCN=C1NS(=O)(=O)c2ccccc21)N1CCC(c2ccccc2)CC1. The molecular weight excluding hydrogens is 410 g/mol. The number of nitrogens with one attached hydrogen (secondary N) is 1. The van der Waals surface area contributed by atoms with Crippen LogP contribution >= 0.6 is 0 Å². The summed E-state index contributed by atoms with van der Waals surface area (Å²) >= 11 is 0. The molecule has 1 fully saturated rings. The molecule has 0 spiro atoms. The topological polar surface area (TPSA) is 78.8 Å². The Hall–Kier alpha value is -2.67. The second-order valence-electron chi connectivity index (χ2n) is 8.21. The number of carbonyl (C=O) groups excluding carboxylic acids is 1. The molecule has 0 aromatic heterocycles. The number of fused-ring (bicyclic) bond motifs is 1. The Balaban J connectivity index is 1.16. The van der Waals surface area contributed by atoms with Crippen molar-refractivity contribution < 1.29 is 13.2 Å². The Morgan fingerprint density at radius 2 is 1.68 bits per heavy atom. The van der Waals surface area contributed by atoms with Crippen molar-refractivity contribution in [3.8, 4) is 0 Å². The number of aliphatic imine (C=N–C) groups is 1. The number of hydrogen-bond donors (Lipinski definition) is 1. The van der Waals surface area contributed by atoms with Crippen LogP contribution in [0.25, 0.3) is 0 Å². The summed E-state index contributed by atoms with van der Waals surface area (Å²) in [6.07, 6.45) is 5.20. The lowest BCUT2D eigenvalue weighted by Gasteiger charge is -2.32. The van der Waals surface area contributed by atoms with Crippen LogP contribution in [0.1, 0.15) is 55.6 Å². The summed E-state index contributed by atoms with van der Waals surface area (Å²) in [5.41, 5.74) is 2.01. The highest BCUT2D eigenvalue weighted by atomic mass is 32.2. The number of amides is 1. The highest BCUT2D eigenvalue weighted by Crippen LogP contribution is 2.28. The van der Waals surface area contributed by atoms with Gasteiger partial charge in [0.2, 0.25) is 5.91 Å². The zero-order valence-corrected chi connectivity index (χ0v) is 18.5.